The Morgan fingerprint density at radius 1 is 1.44 bits per heavy atom. The van der Waals surface area contributed by atoms with Crippen LogP contribution in [0.4, 0.5) is 24.5 Å². The van der Waals surface area contributed by atoms with Crippen LogP contribution in [0.5, 0.6) is 0 Å². The lowest BCUT2D eigenvalue weighted by Crippen LogP contribution is -2.21. The second kappa shape index (κ2) is 4.90. The van der Waals surface area contributed by atoms with Gasteiger partial charge < -0.3 is 10.4 Å². The molecule has 18 heavy (non-hydrogen) atoms. The molecule has 0 aliphatic rings. The first-order valence-corrected chi connectivity index (χ1v) is 4.53. The van der Waals surface area contributed by atoms with E-state index in [9.17, 15) is 28.1 Å². The normalized spacial score (nSPS) is 11.1. The fourth-order valence-corrected chi connectivity index (χ4v) is 1.18. The van der Waals surface area contributed by atoms with Crippen LogP contribution in [0, 0.1) is 10.1 Å². The van der Waals surface area contributed by atoms with Gasteiger partial charge in [-0.3, -0.25) is 10.1 Å². The van der Waals surface area contributed by atoms with Gasteiger partial charge in [-0.2, -0.15) is 13.2 Å². The summed E-state index contributed by atoms with van der Waals surface area (Å²) >= 11 is 0. The Morgan fingerprint density at radius 3 is 2.50 bits per heavy atom. The average molecular weight is 264 g/mol. The third-order valence-corrected chi connectivity index (χ3v) is 1.92. The molecule has 0 fully saturated rings. The Morgan fingerprint density at radius 2 is 2.06 bits per heavy atom. The molecule has 1 rings (SSSR count). The Labute approximate surface area is 98.2 Å². The van der Waals surface area contributed by atoms with Gasteiger partial charge in [0.1, 0.15) is 12.1 Å². The number of halogens is 3. The van der Waals surface area contributed by atoms with E-state index in [-0.39, 0.29) is 5.69 Å². The topological polar surface area (TPSA) is 92.5 Å². The molecular weight excluding hydrogens is 257 g/mol. The van der Waals surface area contributed by atoms with Crippen molar-refractivity contribution in [2.24, 2.45) is 0 Å². The Kier molecular flexibility index (Phi) is 3.74. The number of anilines is 1. The zero-order chi connectivity index (χ0) is 13.9. The first-order valence-electron chi connectivity index (χ1n) is 4.53. The number of nitrogens with zero attached hydrogens (tertiary/aromatic N) is 1. The molecule has 2 N–H and O–H groups in total. The number of rotatable bonds is 4. The van der Waals surface area contributed by atoms with Gasteiger partial charge in [-0.05, 0) is 12.1 Å². The summed E-state index contributed by atoms with van der Waals surface area (Å²) in [5.74, 6) is -1.59. The molecule has 1 aromatic carbocycles. The molecule has 1 aromatic rings. The highest BCUT2D eigenvalue weighted by molar-refractivity contribution is 5.93. The number of hydrogen-bond acceptors (Lipinski definition) is 4. The van der Waals surface area contributed by atoms with Gasteiger partial charge in [0, 0.05) is 11.8 Å². The van der Waals surface area contributed by atoms with Gasteiger partial charge in [-0.25, -0.2) is 4.79 Å². The summed E-state index contributed by atoms with van der Waals surface area (Å²) in [4.78, 5) is 20.3. The minimum atomic E-state index is -4.47. The fraction of sp³-hybridized carbons (Fsp3) is 0.222. The lowest BCUT2D eigenvalue weighted by Gasteiger charge is -2.09. The minimum absolute atomic E-state index is 0.157. The summed E-state index contributed by atoms with van der Waals surface area (Å²) < 4.78 is 35.8. The van der Waals surface area contributed by atoms with Crippen LogP contribution in [0.15, 0.2) is 18.2 Å². The lowest BCUT2D eigenvalue weighted by molar-refractivity contribution is -0.385. The molecule has 0 aliphatic carbocycles. The van der Waals surface area contributed by atoms with Crippen molar-refractivity contribution in [2.75, 3.05) is 11.9 Å². The number of aromatic carboxylic acids is 1. The molecule has 0 amide bonds. The molecule has 6 nitrogen and oxygen atoms in total. The zero-order valence-electron chi connectivity index (χ0n) is 8.69. The number of alkyl halides is 3. The van der Waals surface area contributed by atoms with Gasteiger partial charge in [-0.1, -0.05) is 0 Å². The van der Waals surface area contributed by atoms with Crippen LogP contribution < -0.4 is 5.32 Å². The highest BCUT2D eigenvalue weighted by Gasteiger charge is 2.27. The number of nitro groups is 1. The molecule has 0 aromatic heterocycles. The molecule has 0 bridgehead atoms. The number of nitro benzene ring substituents is 1. The van der Waals surface area contributed by atoms with Gasteiger partial charge in [0.05, 0.1) is 4.92 Å². The van der Waals surface area contributed by atoms with Crippen LogP contribution in [0.3, 0.4) is 0 Å². The lowest BCUT2D eigenvalue weighted by atomic mass is 10.1. The summed E-state index contributed by atoms with van der Waals surface area (Å²) in [6.45, 7) is -1.36. The van der Waals surface area contributed by atoms with Crippen molar-refractivity contribution in [3.05, 3.63) is 33.9 Å². The zero-order valence-corrected chi connectivity index (χ0v) is 8.69. The van der Waals surface area contributed by atoms with E-state index in [0.29, 0.717) is 0 Å². The van der Waals surface area contributed by atoms with E-state index < -0.39 is 34.9 Å². The van der Waals surface area contributed by atoms with Crippen molar-refractivity contribution >= 4 is 17.3 Å². The molecule has 9 heteroatoms. The van der Waals surface area contributed by atoms with Crippen molar-refractivity contribution in [3.63, 3.8) is 0 Å². The van der Waals surface area contributed by atoms with Crippen molar-refractivity contribution in [2.45, 2.75) is 6.18 Å². The predicted molar refractivity (Wildman–Crippen MR) is 54.6 cm³/mol. The second-order valence-electron chi connectivity index (χ2n) is 3.26. The first-order chi connectivity index (χ1) is 8.20. The van der Waals surface area contributed by atoms with E-state index in [2.05, 4.69) is 0 Å². The van der Waals surface area contributed by atoms with E-state index in [1.165, 1.54) is 0 Å². The molecule has 0 heterocycles. The molecule has 0 saturated carbocycles. The van der Waals surface area contributed by atoms with Crippen LogP contribution in [-0.2, 0) is 0 Å². The van der Waals surface area contributed by atoms with Crippen molar-refractivity contribution < 1.29 is 28.0 Å². The van der Waals surface area contributed by atoms with E-state index >= 15 is 0 Å². The number of carboxylic acids is 1. The largest absolute Gasteiger partial charge is 0.477 e. The summed E-state index contributed by atoms with van der Waals surface area (Å²) in [5, 5.41) is 21.1. The number of hydrogen-bond donors (Lipinski definition) is 2. The Hall–Kier alpha value is -2.32. The maximum absolute atomic E-state index is 11.9. The van der Waals surface area contributed by atoms with Crippen LogP contribution in [0.2, 0.25) is 0 Å². The minimum Gasteiger partial charge on any atom is -0.477 e. The number of nitrogens with one attached hydrogen (secondary N) is 1. The molecular formula is C9H7F3N2O4. The van der Waals surface area contributed by atoms with E-state index in [1.54, 1.807) is 0 Å². The summed E-state index contributed by atoms with van der Waals surface area (Å²) in [6, 6.07) is 2.63. The molecule has 0 atom stereocenters. The number of carboxylic acid groups (broad SMARTS) is 1. The molecule has 0 saturated heterocycles. The van der Waals surface area contributed by atoms with Crippen LogP contribution in [-0.4, -0.2) is 28.7 Å². The van der Waals surface area contributed by atoms with E-state index in [4.69, 9.17) is 5.11 Å². The molecule has 0 radical (unpaired) electrons. The molecule has 0 spiro atoms. The number of benzene rings is 1. The third-order valence-electron chi connectivity index (χ3n) is 1.92. The highest BCUT2D eigenvalue weighted by Crippen LogP contribution is 2.24. The quantitative estimate of drug-likeness (QED) is 0.642. The Bertz CT molecular complexity index is 487. The van der Waals surface area contributed by atoms with E-state index in [0.717, 1.165) is 18.2 Å². The average Bonchev–Trinajstić information content (AvgIpc) is 2.24. The summed E-state index contributed by atoms with van der Waals surface area (Å²) in [7, 11) is 0. The first kappa shape index (κ1) is 13.7. The van der Waals surface area contributed by atoms with Gasteiger partial charge >= 0.3 is 12.1 Å². The summed E-state index contributed by atoms with van der Waals surface area (Å²) in [5.41, 5.74) is -1.51. The fourth-order valence-electron chi connectivity index (χ4n) is 1.18. The maximum Gasteiger partial charge on any atom is 0.405 e. The highest BCUT2D eigenvalue weighted by atomic mass is 19.4. The van der Waals surface area contributed by atoms with Crippen LogP contribution in [0.25, 0.3) is 0 Å². The van der Waals surface area contributed by atoms with Crippen LogP contribution >= 0.6 is 0 Å². The van der Waals surface area contributed by atoms with Gasteiger partial charge in [0.2, 0.25) is 0 Å². The molecule has 98 valence electrons. The number of carbonyl (C=O) groups is 1. The predicted octanol–water partition coefficient (Wildman–Crippen LogP) is 2.27. The second-order valence-corrected chi connectivity index (χ2v) is 3.26. The van der Waals surface area contributed by atoms with Gasteiger partial charge in [-0.15, -0.1) is 0 Å². The monoisotopic (exact) mass is 264 g/mol. The van der Waals surface area contributed by atoms with Crippen molar-refractivity contribution in [1.29, 1.82) is 0 Å². The van der Waals surface area contributed by atoms with Gasteiger partial charge in [0.15, 0.2) is 0 Å². The Balaban J connectivity index is 3.01. The summed E-state index contributed by atoms with van der Waals surface area (Å²) in [6.07, 6.45) is -4.47. The maximum atomic E-state index is 11.9. The SMILES string of the molecule is O=C(O)c1cc(NCC(F)(F)F)ccc1[N+](=O)[O-]. The van der Waals surface area contributed by atoms with Crippen molar-refractivity contribution in [3.8, 4) is 0 Å². The van der Waals surface area contributed by atoms with Crippen molar-refractivity contribution in [1.82, 2.24) is 0 Å². The third kappa shape index (κ3) is 3.61. The van der Waals surface area contributed by atoms with Gasteiger partial charge in [0.25, 0.3) is 5.69 Å². The smallest absolute Gasteiger partial charge is 0.405 e. The van der Waals surface area contributed by atoms with Crippen LogP contribution in [0.1, 0.15) is 10.4 Å². The van der Waals surface area contributed by atoms with E-state index in [1.807, 2.05) is 5.32 Å². The molecule has 0 aliphatic heterocycles. The molecule has 0 unspecified atom stereocenters. The standard InChI is InChI=1S/C9H7F3N2O4/c10-9(11,12)4-13-5-1-2-7(14(17)18)6(3-5)8(15)16/h1-3,13H,4H2,(H,15,16).